The second-order valence-corrected chi connectivity index (χ2v) is 4.97. The first-order valence-electron chi connectivity index (χ1n) is 5.70. The Balaban J connectivity index is 2.13. The van der Waals surface area contributed by atoms with Gasteiger partial charge in [0.25, 0.3) is 0 Å². The van der Waals surface area contributed by atoms with E-state index in [9.17, 15) is 0 Å². The Morgan fingerprint density at radius 3 is 2.53 bits per heavy atom. The lowest BCUT2D eigenvalue weighted by molar-refractivity contribution is 1.29. The molecular weight excluding hydrogens is 224 g/mol. The molecule has 0 fully saturated rings. The quantitative estimate of drug-likeness (QED) is 0.683. The SMILES string of the molecule is C=Cc1ccccc1CSc1ccccc1C. The molecule has 0 saturated heterocycles. The van der Waals surface area contributed by atoms with Crippen LogP contribution in [0.5, 0.6) is 0 Å². The van der Waals surface area contributed by atoms with Crippen LogP contribution in [0.25, 0.3) is 6.08 Å². The van der Waals surface area contributed by atoms with E-state index < -0.39 is 0 Å². The van der Waals surface area contributed by atoms with Crippen molar-refractivity contribution in [1.29, 1.82) is 0 Å². The van der Waals surface area contributed by atoms with Crippen LogP contribution in [0.4, 0.5) is 0 Å². The Bertz CT molecular complexity index is 514. The molecule has 0 bridgehead atoms. The summed E-state index contributed by atoms with van der Waals surface area (Å²) in [6, 6.07) is 16.9. The fourth-order valence-electron chi connectivity index (χ4n) is 1.74. The molecule has 0 atom stereocenters. The van der Waals surface area contributed by atoms with Gasteiger partial charge in [-0.05, 0) is 29.7 Å². The molecule has 0 radical (unpaired) electrons. The molecule has 86 valence electrons. The molecule has 0 unspecified atom stereocenters. The van der Waals surface area contributed by atoms with Crippen molar-refractivity contribution in [3.05, 3.63) is 71.8 Å². The average molecular weight is 240 g/mol. The van der Waals surface area contributed by atoms with E-state index in [1.165, 1.54) is 21.6 Å². The summed E-state index contributed by atoms with van der Waals surface area (Å²) in [4.78, 5) is 1.35. The van der Waals surface area contributed by atoms with Gasteiger partial charge in [-0.15, -0.1) is 11.8 Å². The van der Waals surface area contributed by atoms with Gasteiger partial charge in [-0.25, -0.2) is 0 Å². The maximum absolute atomic E-state index is 3.85. The van der Waals surface area contributed by atoms with Gasteiger partial charge in [-0.3, -0.25) is 0 Å². The maximum atomic E-state index is 3.85. The van der Waals surface area contributed by atoms with E-state index in [0.717, 1.165) is 5.75 Å². The summed E-state index contributed by atoms with van der Waals surface area (Å²) in [5, 5.41) is 0. The van der Waals surface area contributed by atoms with Crippen molar-refractivity contribution in [3.63, 3.8) is 0 Å². The molecule has 2 rings (SSSR count). The van der Waals surface area contributed by atoms with E-state index >= 15 is 0 Å². The van der Waals surface area contributed by atoms with Crippen LogP contribution < -0.4 is 0 Å². The summed E-state index contributed by atoms with van der Waals surface area (Å²) in [5.74, 6) is 0.993. The zero-order valence-electron chi connectivity index (χ0n) is 10.0. The van der Waals surface area contributed by atoms with Crippen LogP contribution >= 0.6 is 11.8 Å². The Hall–Kier alpha value is -1.47. The minimum absolute atomic E-state index is 0.993. The second kappa shape index (κ2) is 5.74. The van der Waals surface area contributed by atoms with Gasteiger partial charge in [0, 0.05) is 10.6 Å². The number of aryl methyl sites for hydroxylation is 1. The monoisotopic (exact) mass is 240 g/mol. The van der Waals surface area contributed by atoms with Gasteiger partial charge in [0.2, 0.25) is 0 Å². The highest BCUT2D eigenvalue weighted by atomic mass is 32.2. The lowest BCUT2D eigenvalue weighted by Gasteiger charge is -2.07. The normalized spacial score (nSPS) is 10.2. The van der Waals surface area contributed by atoms with Gasteiger partial charge < -0.3 is 0 Å². The maximum Gasteiger partial charge on any atom is 0.0238 e. The minimum Gasteiger partial charge on any atom is -0.121 e. The van der Waals surface area contributed by atoms with Crippen molar-refractivity contribution >= 4 is 17.8 Å². The van der Waals surface area contributed by atoms with Gasteiger partial charge in [0.05, 0.1) is 0 Å². The van der Waals surface area contributed by atoms with Crippen LogP contribution in [0.15, 0.2) is 60.0 Å². The van der Waals surface area contributed by atoms with Gasteiger partial charge >= 0.3 is 0 Å². The van der Waals surface area contributed by atoms with E-state index in [0.29, 0.717) is 0 Å². The first-order chi connectivity index (χ1) is 8.31. The summed E-state index contributed by atoms with van der Waals surface area (Å²) in [6.45, 7) is 6.01. The molecule has 0 heterocycles. The molecule has 0 N–H and O–H groups in total. The molecular formula is C16H16S. The third-order valence-corrected chi connectivity index (χ3v) is 3.98. The molecule has 2 aromatic rings. The van der Waals surface area contributed by atoms with E-state index in [4.69, 9.17) is 0 Å². The van der Waals surface area contributed by atoms with E-state index in [1.807, 2.05) is 17.8 Å². The Labute approximate surface area is 107 Å². The second-order valence-electron chi connectivity index (χ2n) is 3.96. The molecule has 17 heavy (non-hydrogen) atoms. The van der Waals surface area contributed by atoms with Crippen molar-refractivity contribution in [1.82, 2.24) is 0 Å². The van der Waals surface area contributed by atoms with Crippen LogP contribution in [0.2, 0.25) is 0 Å². The first kappa shape index (κ1) is 12.0. The zero-order chi connectivity index (χ0) is 12.1. The molecule has 0 aliphatic rings. The van der Waals surface area contributed by atoms with Crippen LogP contribution in [0, 0.1) is 6.92 Å². The largest absolute Gasteiger partial charge is 0.121 e. The molecule has 1 heteroatoms. The highest BCUT2D eigenvalue weighted by molar-refractivity contribution is 7.98. The topological polar surface area (TPSA) is 0 Å². The lowest BCUT2D eigenvalue weighted by atomic mass is 10.1. The minimum atomic E-state index is 0.993. The Morgan fingerprint density at radius 2 is 1.76 bits per heavy atom. The van der Waals surface area contributed by atoms with Crippen molar-refractivity contribution < 1.29 is 0 Å². The molecule has 0 aliphatic carbocycles. The molecule has 0 aliphatic heterocycles. The number of hydrogen-bond acceptors (Lipinski definition) is 1. The van der Waals surface area contributed by atoms with Crippen molar-refractivity contribution in [2.24, 2.45) is 0 Å². The third-order valence-electron chi connectivity index (χ3n) is 2.75. The van der Waals surface area contributed by atoms with Gasteiger partial charge in [0.1, 0.15) is 0 Å². The summed E-state index contributed by atoms with van der Waals surface area (Å²) in [5.41, 5.74) is 3.91. The molecule has 0 amide bonds. The van der Waals surface area contributed by atoms with E-state index in [2.05, 4.69) is 62.0 Å². The predicted octanol–water partition coefficient (Wildman–Crippen LogP) is 4.93. The summed E-state index contributed by atoms with van der Waals surface area (Å²) < 4.78 is 0. The van der Waals surface area contributed by atoms with Gasteiger partial charge in [-0.2, -0.15) is 0 Å². The molecule has 2 aromatic carbocycles. The standard InChI is InChI=1S/C16H16S/c1-3-14-9-5-6-10-15(14)12-17-16-11-7-4-8-13(16)2/h3-11H,1,12H2,2H3. The smallest absolute Gasteiger partial charge is 0.0238 e. The van der Waals surface area contributed by atoms with Crippen LogP contribution in [0.1, 0.15) is 16.7 Å². The fraction of sp³-hybridized carbons (Fsp3) is 0.125. The van der Waals surface area contributed by atoms with Crippen molar-refractivity contribution in [2.75, 3.05) is 0 Å². The zero-order valence-corrected chi connectivity index (χ0v) is 10.8. The van der Waals surface area contributed by atoms with E-state index in [-0.39, 0.29) is 0 Å². The number of rotatable bonds is 4. The van der Waals surface area contributed by atoms with E-state index in [1.54, 1.807) is 0 Å². The van der Waals surface area contributed by atoms with Crippen LogP contribution in [0.3, 0.4) is 0 Å². The summed E-state index contributed by atoms with van der Waals surface area (Å²) in [7, 11) is 0. The van der Waals surface area contributed by atoms with Crippen molar-refractivity contribution in [2.45, 2.75) is 17.6 Å². The molecule has 0 saturated carbocycles. The molecule has 0 spiro atoms. The average Bonchev–Trinajstić information content (AvgIpc) is 2.38. The lowest BCUT2D eigenvalue weighted by Crippen LogP contribution is -1.86. The number of thioether (sulfide) groups is 1. The highest BCUT2D eigenvalue weighted by Crippen LogP contribution is 2.27. The van der Waals surface area contributed by atoms with Gasteiger partial charge in [-0.1, -0.05) is 55.1 Å². The molecule has 0 nitrogen and oxygen atoms in total. The summed E-state index contributed by atoms with van der Waals surface area (Å²) in [6.07, 6.45) is 1.92. The Morgan fingerprint density at radius 1 is 1.06 bits per heavy atom. The summed E-state index contributed by atoms with van der Waals surface area (Å²) >= 11 is 1.88. The predicted molar refractivity (Wildman–Crippen MR) is 77.3 cm³/mol. The Kier molecular flexibility index (Phi) is 4.05. The first-order valence-corrected chi connectivity index (χ1v) is 6.68. The van der Waals surface area contributed by atoms with Crippen LogP contribution in [-0.2, 0) is 5.75 Å². The number of hydrogen-bond donors (Lipinski definition) is 0. The van der Waals surface area contributed by atoms with Gasteiger partial charge in [0.15, 0.2) is 0 Å². The molecule has 0 aromatic heterocycles. The van der Waals surface area contributed by atoms with Crippen molar-refractivity contribution in [3.8, 4) is 0 Å². The van der Waals surface area contributed by atoms with Crippen LogP contribution in [-0.4, -0.2) is 0 Å². The number of benzene rings is 2. The fourth-order valence-corrected chi connectivity index (χ4v) is 2.78. The third kappa shape index (κ3) is 3.01. The highest BCUT2D eigenvalue weighted by Gasteiger charge is 2.01.